The van der Waals surface area contributed by atoms with Gasteiger partial charge < -0.3 is 4.90 Å². The van der Waals surface area contributed by atoms with E-state index >= 15 is 0 Å². The van der Waals surface area contributed by atoms with Crippen LogP contribution < -0.4 is 0 Å². The molecular weight excluding hydrogens is 280 g/mol. The molecule has 1 aliphatic rings. The van der Waals surface area contributed by atoms with Crippen molar-refractivity contribution >= 4 is 17.7 Å². The van der Waals surface area contributed by atoms with Gasteiger partial charge in [-0.15, -0.1) is 0 Å². The molecule has 108 valence electrons. The Balaban J connectivity index is 1.91. The minimum absolute atomic E-state index is 0.150. The molecule has 1 aromatic carbocycles. The molecule has 1 atom stereocenters. The quantitative estimate of drug-likeness (QED) is 0.861. The van der Waals surface area contributed by atoms with Gasteiger partial charge in [0.1, 0.15) is 5.03 Å². The maximum atomic E-state index is 11.8. The first-order valence-electron chi connectivity index (χ1n) is 7.21. The maximum Gasteiger partial charge on any atom is 0.219 e. The molecule has 0 unspecified atom stereocenters. The highest BCUT2D eigenvalue weighted by atomic mass is 32.2. The van der Waals surface area contributed by atoms with Crippen molar-refractivity contribution in [2.75, 3.05) is 6.54 Å². The van der Waals surface area contributed by atoms with E-state index in [0.29, 0.717) is 0 Å². The topological polar surface area (TPSA) is 33.2 Å². The van der Waals surface area contributed by atoms with Gasteiger partial charge in [0.2, 0.25) is 5.91 Å². The summed E-state index contributed by atoms with van der Waals surface area (Å²) in [5, 5.41) is 1.00. The Bertz CT molecular complexity index is 630. The third kappa shape index (κ3) is 3.10. The molecule has 3 nitrogen and oxygen atoms in total. The highest BCUT2D eigenvalue weighted by Crippen LogP contribution is 2.38. The first-order valence-corrected chi connectivity index (χ1v) is 8.02. The van der Waals surface area contributed by atoms with E-state index in [2.05, 4.69) is 23.2 Å². The van der Waals surface area contributed by atoms with Crippen LogP contribution in [-0.2, 0) is 4.79 Å². The van der Waals surface area contributed by atoms with E-state index in [1.54, 1.807) is 18.7 Å². The number of aromatic nitrogens is 1. The van der Waals surface area contributed by atoms with Gasteiger partial charge in [-0.1, -0.05) is 36.0 Å². The summed E-state index contributed by atoms with van der Waals surface area (Å²) in [7, 11) is 0. The number of carbonyl (C=O) groups excluding carboxylic acids is 1. The third-order valence-electron chi connectivity index (χ3n) is 3.77. The Kier molecular flexibility index (Phi) is 4.25. The fraction of sp³-hybridized carbons (Fsp3) is 0.294. The van der Waals surface area contributed by atoms with Crippen LogP contribution in [0.15, 0.2) is 58.6 Å². The Hall–Kier alpha value is -1.81. The fourth-order valence-corrected chi connectivity index (χ4v) is 3.76. The molecule has 1 aromatic heterocycles. The predicted molar refractivity (Wildman–Crippen MR) is 84.2 cm³/mol. The second-order valence-electron chi connectivity index (χ2n) is 5.18. The Labute approximate surface area is 129 Å². The van der Waals surface area contributed by atoms with Crippen LogP contribution in [0.2, 0.25) is 0 Å². The number of hydrogen-bond acceptors (Lipinski definition) is 3. The summed E-state index contributed by atoms with van der Waals surface area (Å²) in [4.78, 5) is 19.5. The first-order chi connectivity index (χ1) is 10.3. The average Bonchev–Trinajstić information content (AvgIpc) is 2.98. The number of nitrogens with zero attached hydrogens (tertiary/aromatic N) is 2. The van der Waals surface area contributed by atoms with Crippen molar-refractivity contribution in [2.24, 2.45) is 0 Å². The first kappa shape index (κ1) is 14.1. The van der Waals surface area contributed by atoms with Crippen LogP contribution >= 0.6 is 11.8 Å². The normalized spacial score (nSPS) is 18.0. The summed E-state index contributed by atoms with van der Waals surface area (Å²) < 4.78 is 0. The number of pyridine rings is 1. The summed E-state index contributed by atoms with van der Waals surface area (Å²) in [6.45, 7) is 2.50. The molecule has 0 aliphatic carbocycles. The second kappa shape index (κ2) is 6.31. The third-order valence-corrected chi connectivity index (χ3v) is 4.82. The van der Waals surface area contributed by atoms with Gasteiger partial charge in [0.05, 0.1) is 6.04 Å². The smallest absolute Gasteiger partial charge is 0.219 e. The predicted octanol–water partition coefficient (Wildman–Crippen LogP) is 3.92. The molecule has 0 bridgehead atoms. The number of carbonyl (C=O) groups is 1. The molecule has 0 spiro atoms. The summed E-state index contributed by atoms with van der Waals surface area (Å²) in [6.07, 6.45) is 3.91. The summed E-state index contributed by atoms with van der Waals surface area (Å²) in [5.74, 6) is 0.150. The lowest BCUT2D eigenvalue weighted by Gasteiger charge is -2.24. The molecule has 21 heavy (non-hydrogen) atoms. The van der Waals surface area contributed by atoms with Gasteiger partial charge in [-0.3, -0.25) is 4.79 Å². The molecule has 2 heterocycles. The lowest BCUT2D eigenvalue weighted by atomic mass is 10.1. The lowest BCUT2D eigenvalue weighted by Crippen LogP contribution is -2.28. The molecule has 1 saturated heterocycles. The van der Waals surface area contributed by atoms with Crippen LogP contribution in [0.4, 0.5) is 0 Å². The Morgan fingerprint density at radius 1 is 1.24 bits per heavy atom. The lowest BCUT2D eigenvalue weighted by molar-refractivity contribution is -0.129. The van der Waals surface area contributed by atoms with E-state index in [1.807, 2.05) is 35.4 Å². The standard InChI is InChI=1S/C17H18N2OS/c1-13(20)19-12-6-10-16(19)15-9-5-11-18-17(15)21-14-7-3-2-4-8-14/h2-5,7-9,11,16H,6,10,12H2,1H3/t16-/m0/s1. The summed E-state index contributed by atoms with van der Waals surface area (Å²) >= 11 is 1.67. The molecule has 1 amide bonds. The Morgan fingerprint density at radius 2 is 2.05 bits per heavy atom. The van der Waals surface area contributed by atoms with E-state index in [0.717, 1.165) is 24.4 Å². The van der Waals surface area contributed by atoms with Crippen molar-refractivity contribution in [1.82, 2.24) is 9.88 Å². The van der Waals surface area contributed by atoms with Crippen molar-refractivity contribution in [3.63, 3.8) is 0 Å². The van der Waals surface area contributed by atoms with E-state index in [4.69, 9.17) is 0 Å². The van der Waals surface area contributed by atoms with Crippen molar-refractivity contribution < 1.29 is 4.79 Å². The zero-order chi connectivity index (χ0) is 14.7. The van der Waals surface area contributed by atoms with Gasteiger partial charge >= 0.3 is 0 Å². The highest BCUT2D eigenvalue weighted by molar-refractivity contribution is 7.99. The number of hydrogen-bond donors (Lipinski definition) is 0. The number of amides is 1. The minimum atomic E-state index is 0.150. The average molecular weight is 298 g/mol. The van der Waals surface area contributed by atoms with Crippen LogP contribution in [0.1, 0.15) is 31.4 Å². The van der Waals surface area contributed by atoms with E-state index < -0.39 is 0 Å². The molecule has 2 aromatic rings. The molecule has 0 saturated carbocycles. The zero-order valence-corrected chi connectivity index (χ0v) is 12.8. The van der Waals surface area contributed by atoms with Crippen molar-refractivity contribution in [3.8, 4) is 0 Å². The molecular formula is C17H18N2OS. The molecule has 1 fully saturated rings. The molecule has 3 rings (SSSR count). The Morgan fingerprint density at radius 3 is 2.81 bits per heavy atom. The maximum absolute atomic E-state index is 11.8. The molecule has 0 radical (unpaired) electrons. The summed E-state index contributed by atoms with van der Waals surface area (Å²) in [5.41, 5.74) is 1.17. The molecule has 0 N–H and O–H groups in total. The summed E-state index contributed by atoms with van der Waals surface area (Å²) in [6, 6.07) is 14.5. The second-order valence-corrected chi connectivity index (χ2v) is 6.25. The SMILES string of the molecule is CC(=O)N1CCC[C@H]1c1cccnc1Sc1ccccc1. The molecule has 1 aliphatic heterocycles. The van der Waals surface area contributed by atoms with Gasteiger partial charge in [0.25, 0.3) is 0 Å². The number of likely N-dealkylation sites (tertiary alicyclic amines) is 1. The van der Waals surface area contributed by atoms with E-state index in [1.165, 1.54) is 10.5 Å². The van der Waals surface area contributed by atoms with Gasteiger partial charge in [-0.2, -0.15) is 0 Å². The highest BCUT2D eigenvalue weighted by Gasteiger charge is 2.29. The van der Waals surface area contributed by atoms with Crippen LogP contribution in [0.3, 0.4) is 0 Å². The fourth-order valence-electron chi connectivity index (χ4n) is 2.81. The van der Waals surface area contributed by atoms with E-state index in [-0.39, 0.29) is 11.9 Å². The minimum Gasteiger partial charge on any atom is -0.336 e. The number of rotatable bonds is 3. The molecule has 4 heteroatoms. The monoisotopic (exact) mass is 298 g/mol. The van der Waals surface area contributed by atoms with E-state index in [9.17, 15) is 4.79 Å². The van der Waals surface area contributed by atoms with Gasteiger partial charge in [0, 0.05) is 30.1 Å². The number of benzene rings is 1. The van der Waals surface area contributed by atoms with Crippen LogP contribution in [0.25, 0.3) is 0 Å². The van der Waals surface area contributed by atoms with Gasteiger partial charge in [0.15, 0.2) is 0 Å². The van der Waals surface area contributed by atoms with Crippen LogP contribution in [-0.4, -0.2) is 22.3 Å². The van der Waals surface area contributed by atoms with Gasteiger partial charge in [-0.25, -0.2) is 4.98 Å². The largest absolute Gasteiger partial charge is 0.336 e. The van der Waals surface area contributed by atoms with Crippen molar-refractivity contribution in [2.45, 2.75) is 35.7 Å². The van der Waals surface area contributed by atoms with Crippen LogP contribution in [0.5, 0.6) is 0 Å². The zero-order valence-electron chi connectivity index (χ0n) is 12.0. The van der Waals surface area contributed by atoms with Gasteiger partial charge in [-0.05, 0) is 31.0 Å². The van der Waals surface area contributed by atoms with Crippen molar-refractivity contribution in [1.29, 1.82) is 0 Å². The van der Waals surface area contributed by atoms with Crippen molar-refractivity contribution in [3.05, 3.63) is 54.2 Å². The van der Waals surface area contributed by atoms with Crippen LogP contribution in [0, 0.1) is 0 Å².